The van der Waals surface area contributed by atoms with Crippen LogP contribution < -0.4 is 10.1 Å². The first-order valence-corrected chi connectivity index (χ1v) is 11.3. The molecule has 4 heteroatoms. The van der Waals surface area contributed by atoms with Gasteiger partial charge in [0.2, 0.25) is 0 Å². The summed E-state index contributed by atoms with van der Waals surface area (Å²) in [6.07, 6.45) is 7.60. The third kappa shape index (κ3) is 3.89. The molecule has 0 bridgehead atoms. The summed E-state index contributed by atoms with van der Waals surface area (Å²) in [6.45, 7) is 4.56. The number of nitrogens with zero attached hydrogens (tertiary/aromatic N) is 1. The van der Waals surface area contributed by atoms with Crippen molar-refractivity contribution >= 4 is 17.6 Å². The molecular weight excluding hydrogens is 396 g/mol. The number of benzene rings is 3. The maximum atomic E-state index is 9.87. The fourth-order valence-electron chi connectivity index (χ4n) is 4.84. The van der Waals surface area contributed by atoms with Gasteiger partial charge in [0, 0.05) is 17.8 Å². The smallest absolute Gasteiger partial charge is 0.161 e. The van der Waals surface area contributed by atoms with E-state index in [4.69, 9.17) is 4.74 Å². The fourth-order valence-corrected chi connectivity index (χ4v) is 4.84. The van der Waals surface area contributed by atoms with E-state index in [1.807, 2.05) is 13.0 Å². The molecule has 3 aromatic carbocycles. The zero-order chi connectivity index (χ0) is 22.1. The molecule has 32 heavy (non-hydrogen) atoms. The zero-order valence-corrected chi connectivity index (χ0v) is 18.5. The topological polar surface area (TPSA) is 53.8 Å². The van der Waals surface area contributed by atoms with Crippen molar-refractivity contribution in [2.45, 2.75) is 32.2 Å². The average molecular weight is 425 g/mol. The van der Waals surface area contributed by atoms with Crippen LogP contribution in [0.2, 0.25) is 0 Å². The Morgan fingerprint density at radius 3 is 2.75 bits per heavy atom. The van der Waals surface area contributed by atoms with Crippen molar-refractivity contribution in [3.8, 4) is 11.5 Å². The van der Waals surface area contributed by atoms with Crippen molar-refractivity contribution < 1.29 is 9.84 Å². The Morgan fingerprint density at radius 1 is 1.09 bits per heavy atom. The third-order valence-corrected chi connectivity index (χ3v) is 6.42. The van der Waals surface area contributed by atoms with Crippen molar-refractivity contribution in [3.05, 3.63) is 95.1 Å². The van der Waals surface area contributed by atoms with Crippen LogP contribution in [-0.4, -0.2) is 17.9 Å². The van der Waals surface area contributed by atoms with Gasteiger partial charge in [-0.1, -0.05) is 42.0 Å². The van der Waals surface area contributed by atoms with Crippen molar-refractivity contribution in [1.82, 2.24) is 0 Å². The standard InChI is InChI=1S/C28H28N2O2/c1-3-32-27-16-19(8-14-26(27)31)17-29-21-11-9-20(10-12-21)28-23-6-4-5-22(23)24-15-18(2)7-13-25(24)30-28/h4-5,7-17,22-23,28,30-31H,3,6H2,1-2H3/t22-,23-,28+/m1/s1. The van der Waals surface area contributed by atoms with Gasteiger partial charge in [-0.2, -0.15) is 0 Å². The van der Waals surface area contributed by atoms with Crippen LogP contribution in [0.1, 0.15) is 47.6 Å². The van der Waals surface area contributed by atoms with E-state index in [1.54, 1.807) is 18.3 Å². The molecule has 4 nitrogen and oxygen atoms in total. The van der Waals surface area contributed by atoms with E-state index < -0.39 is 0 Å². The van der Waals surface area contributed by atoms with Crippen molar-refractivity contribution in [2.24, 2.45) is 10.9 Å². The molecule has 0 unspecified atom stereocenters. The number of phenols is 1. The number of ether oxygens (including phenoxy) is 1. The SMILES string of the molecule is CCOc1cc(C=Nc2ccc([C@@H]3Nc4ccc(C)cc4[C@@H]4C=CC[C@H]43)cc2)ccc1O. The number of phenolic OH excluding ortho intramolecular Hbond substituents is 1. The Hall–Kier alpha value is -3.53. The second-order valence-corrected chi connectivity index (χ2v) is 8.58. The van der Waals surface area contributed by atoms with E-state index in [-0.39, 0.29) is 11.8 Å². The first-order valence-electron chi connectivity index (χ1n) is 11.3. The van der Waals surface area contributed by atoms with E-state index in [9.17, 15) is 5.11 Å². The van der Waals surface area contributed by atoms with Gasteiger partial charge in [0.15, 0.2) is 11.5 Å². The Balaban J connectivity index is 1.35. The van der Waals surface area contributed by atoms with Crippen LogP contribution in [0, 0.1) is 12.8 Å². The largest absolute Gasteiger partial charge is 0.504 e. The molecule has 0 aromatic heterocycles. The van der Waals surface area contributed by atoms with Crippen LogP contribution in [0.25, 0.3) is 0 Å². The molecule has 1 aliphatic heterocycles. The number of hydrogen-bond acceptors (Lipinski definition) is 4. The minimum Gasteiger partial charge on any atom is -0.504 e. The molecule has 0 saturated heterocycles. The van der Waals surface area contributed by atoms with Gasteiger partial charge in [-0.25, -0.2) is 0 Å². The van der Waals surface area contributed by atoms with E-state index in [1.165, 1.54) is 22.4 Å². The lowest BCUT2D eigenvalue weighted by molar-refractivity contribution is 0.318. The summed E-state index contributed by atoms with van der Waals surface area (Å²) in [5.74, 6) is 1.63. The third-order valence-electron chi connectivity index (χ3n) is 6.42. The summed E-state index contributed by atoms with van der Waals surface area (Å²) in [5.41, 5.74) is 7.04. The molecule has 0 radical (unpaired) electrons. The Morgan fingerprint density at radius 2 is 1.94 bits per heavy atom. The molecule has 162 valence electrons. The summed E-state index contributed by atoms with van der Waals surface area (Å²) < 4.78 is 5.45. The molecule has 2 N–H and O–H groups in total. The van der Waals surface area contributed by atoms with E-state index in [0.717, 1.165) is 17.7 Å². The van der Waals surface area contributed by atoms with Gasteiger partial charge in [-0.05, 0) is 79.3 Å². The van der Waals surface area contributed by atoms with Gasteiger partial charge in [-0.3, -0.25) is 4.99 Å². The molecule has 2 aliphatic rings. The lowest BCUT2D eigenvalue weighted by atomic mass is 9.76. The maximum absolute atomic E-state index is 9.87. The number of anilines is 1. The molecule has 1 heterocycles. The van der Waals surface area contributed by atoms with Crippen LogP contribution in [0.5, 0.6) is 11.5 Å². The molecule has 3 atom stereocenters. The van der Waals surface area contributed by atoms with Crippen LogP contribution in [-0.2, 0) is 0 Å². The van der Waals surface area contributed by atoms with Gasteiger partial charge in [-0.15, -0.1) is 0 Å². The van der Waals surface area contributed by atoms with Gasteiger partial charge >= 0.3 is 0 Å². The Bertz CT molecular complexity index is 1180. The van der Waals surface area contributed by atoms with E-state index in [0.29, 0.717) is 24.2 Å². The molecule has 0 amide bonds. The first kappa shape index (κ1) is 20.4. The van der Waals surface area contributed by atoms with Crippen LogP contribution >= 0.6 is 0 Å². The van der Waals surface area contributed by atoms with Crippen LogP contribution in [0.15, 0.2) is 77.8 Å². The van der Waals surface area contributed by atoms with Gasteiger partial charge in [0.05, 0.1) is 18.3 Å². The number of aryl methyl sites for hydroxylation is 1. The normalized spacial score (nSPS) is 21.2. The second-order valence-electron chi connectivity index (χ2n) is 8.58. The molecule has 0 fully saturated rings. The molecule has 0 saturated carbocycles. The predicted octanol–water partition coefficient (Wildman–Crippen LogP) is 6.68. The first-order chi connectivity index (χ1) is 15.6. The lowest BCUT2D eigenvalue weighted by Crippen LogP contribution is -2.29. The van der Waals surface area contributed by atoms with Gasteiger partial charge in [0.25, 0.3) is 0 Å². The summed E-state index contributed by atoms with van der Waals surface area (Å²) in [6, 6.07) is 20.8. The number of nitrogens with one attached hydrogen (secondary N) is 1. The molecule has 5 rings (SSSR count). The highest BCUT2D eigenvalue weighted by molar-refractivity contribution is 5.83. The predicted molar refractivity (Wildman–Crippen MR) is 131 cm³/mol. The van der Waals surface area contributed by atoms with Gasteiger partial charge in [0.1, 0.15) is 0 Å². The summed E-state index contributed by atoms with van der Waals surface area (Å²) >= 11 is 0. The van der Waals surface area contributed by atoms with Crippen LogP contribution in [0.4, 0.5) is 11.4 Å². The number of hydrogen-bond donors (Lipinski definition) is 2. The second kappa shape index (κ2) is 8.54. The average Bonchev–Trinajstić information content (AvgIpc) is 3.30. The minimum atomic E-state index is 0.143. The highest BCUT2D eigenvalue weighted by Crippen LogP contribution is 2.50. The van der Waals surface area contributed by atoms with E-state index >= 15 is 0 Å². The molecule has 3 aromatic rings. The Kier molecular flexibility index (Phi) is 5.44. The molecule has 1 aliphatic carbocycles. The number of fused-ring (bicyclic) bond motifs is 3. The lowest BCUT2D eigenvalue weighted by Gasteiger charge is -2.37. The number of rotatable bonds is 5. The molecule has 0 spiro atoms. The Labute approximate surface area is 189 Å². The number of aliphatic imine (C=N–C) groups is 1. The fraction of sp³-hybridized carbons (Fsp3) is 0.250. The minimum absolute atomic E-state index is 0.143. The zero-order valence-electron chi connectivity index (χ0n) is 18.5. The van der Waals surface area contributed by atoms with Crippen molar-refractivity contribution in [3.63, 3.8) is 0 Å². The number of aromatic hydroxyl groups is 1. The highest BCUT2D eigenvalue weighted by Gasteiger charge is 2.37. The van der Waals surface area contributed by atoms with Crippen molar-refractivity contribution in [2.75, 3.05) is 11.9 Å². The summed E-state index contributed by atoms with van der Waals surface area (Å²) in [4.78, 5) is 4.61. The van der Waals surface area contributed by atoms with Gasteiger partial charge < -0.3 is 15.2 Å². The van der Waals surface area contributed by atoms with E-state index in [2.05, 4.69) is 71.8 Å². The maximum Gasteiger partial charge on any atom is 0.161 e. The quantitative estimate of drug-likeness (QED) is 0.355. The highest BCUT2D eigenvalue weighted by atomic mass is 16.5. The summed E-state index contributed by atoms with van der Waals surface area (Å²) in [5, 5.41) is 13.7. The van der Waals surface area contributed by atoms with Crippen molar-refractivity contribution in [1.29, 1.82) is 0 Å². The molecular formula is C28H28N2O2. The van der Waals surface area contributed by atoms with Crippen LogP contribution in [0.3, 0.4) is 0 Å². The number of allylic oxidation sites excluding steroid dienone is 2. The summed E-state index contributed by atoms with van der Waals surface area (Å²) in [7, 11) is 0. The monoisotopic (exact) mass is 424 g/mol.